The van der Waals surface area contributed by atoms with E-state index in [2.05, 4.69) is 17.1 Å². The lowest BCUT2D eigenvalue weighted by Gasteiger charge is -2.35. The molecular weight excluding hydrogens is 432 g/mol. The van der Waals surface area contributed by atoms with E-state index in [4.69, 9.17) is 4.98 Å². The van der Waals surface area contributed by atoms with Crippen LogP contribution >= 0.6 is 11.3 Å². The van der Waals surface area contributed by atoms with Crippen LogP contribution in [0.25, 0.3) is 10.2 Å². The number of aryl methyl sites for hydroxylation is 2. The summed E-state index contributed by atoms with van der Waals surface area (Å²) in [6.07, 6.45) is 6.68. The Hall–Kier alpha value is -2.36. The normalized spacial score (nSPS) is 17.7. The van der Waals surface area contributed by atoms with E-state index in [1.54, 1.807) is 17.3 Å². The Morgan fingerprint density at radius 2 is 2.10 bits per heavy atom. The number of amides is 1. The van der Waals surface area contributed by atoms with Crippen LogP contribution in [0.4, 0.5) is 5.13 Å². The van der Waals surface area contributed by atoms with Crippen LogP contribution in [0, 0.1) is 13.8 Å². The maximum Gasteiger partial charge on any atom is 0.247 e. The molecule has 2 aromatic heterocycles. The Labute approximate surface area is 186 Å². The van der Waals surface area contributed by atoms with Gasteiger partial charge in [-0.2, -0.15) is 4.31 Å². The van der Waals surface area contributed by atoms with Crippen LogP contribution in [0.2, 0.25) is 0 Å². The van der Waals surface area contributed by atoms with Crippen LogP contribution < -0.4 is 4.90 Å². The Morgan fingerprint density at radius 3 is 2.81 bits per heavy atom. The molecule has 3 aromatic rings. The van der Waals surface area contributed by atoms with Crippen LogP contribution in [0.15, 0.2) is 36.7 Å². The number of sulfonamides is 1. The van der Waals surface area contributed by atoms with Gasteiger partial charge >= 0.3 is 0 Å². The van der Waals surface area contributed by atoms with Crippen molar-refractivity contribution in [3.63, 3.8) is 0 Å². The average molecular weight is 459 g/mol. The van der Waals surface area contributed by atoms with Crippen LogP contribution in [-0.2, 0) is 21.4 Å². The van der Waals surface area contributed by atoms with E-state index < -0.39 is 16.1 Å². The van der Waals surface area contributed by atoms with Crippen molar-refractivity contribution >= 4 is 42.6 Å². The third-order valence-corrected chi connectivity index (χ3v) is 7.86. The molecular formula is C22H26N4O3S2. The summed E-state index contributed by atoms with van der Waals surface area (Å²) in [5, 5.41) is 0.580. The van der Waals surface area contributed by atoms with E-state index in [1.807, 2.05) is 26.0 Å². The summed E-state index contributed by atoms with van der Waals surface area (Å²) in [5.41, 5.74) is 3.94. The molecule has 1 aliphatic heterocycles. The number of rotatable bonds is 5. The molecule has 1 aromatic carbocycles. The number of hydrogen-bond acceptors (Lipinski definition) is 6. The van der Waals surface area contributed by atoms with Gasteiger partial charge in [0.05, 0.1) is 23.0 Å². The lowest BCUT2D eigenvalue weighted by Crippen LogP contribution is -2.52. The predicted octanol–water partition coefficient (Wildman–Crippen LogP) is 3.66. The molecule has 0 radical (unpaired) electrons. The number of anilines is 1. The van der Waals surface area contributed by atoms with Gasteiger partial charge < -0.3 is 0 Å². The first kappa shape index (κ1) is 21.9. The van der Waals surface area contributed by atoms with E-state index in [1.165, 1.54) is 21.9 Å². The van der Waals surface area contributed by atoms with Crippen molar-refractivity contribution in [2.45, 2.75) is 45.7 Å². The molecule has 3 heterocycles. The Morgan fingerprint density at radius 1 is 1.29 bits per heavy atom. The highest BCUT2D eigenvalue weighted by atomic mass is 32.2. The zero-order chi connectivity index (χ0) is 22.2. The Balaban J connectivity index is 1.77. The minimum absolute atomic E-state index is 0.234. The molecule has 0 aliphatic carbocycles. The highest BCUT2D eigenvalue weighted by Crippen LogP contribution is 2.34. The summed E-state index contributed by atoms with van der Waals surface area (Å²) < 4.78 is 27.1. The zero-order valence-corrected chi connectivity index (χ0v) is 19.5. The molecule has 1 aliphatic rings. The van der Waals surface area contributed by atoms with Gasteiger partial charge in [0, 0.05) is 18.9 Å². The standard InChI is InChI=1S/C22H26N4O3S2/c1-15-11-16(2)20-19(12-15)30-22(24-20)25(14-17-7-6-9-23-13-17)21(27)18-8-4-5-10-26(18)31(3,28)29/h6-7,9,11-13,18H,4-5,8,10,14H2,1-3H3. The lowest BCUT2D eigenvalue weighted by atomic mass is 10.0. The molecule has 7 nitrogen and oxygen atoms in total. The van der Waals surface area contributed by atoms with E-state index in [0.717, 1.165) is 39.7 Å². The second-order valence-corrected chi connectivity index (χ2v) is 11.0. The third-order valence-electron chi connectivity index (χ3n) is 5.54. The van der Waals surface area contributed by atoms with E-state index >= 15 is 0 Å². The molecule has 0 N–H and O–H groups in total. The second-order valence-electron chi connectivity index (χ2n) is 8.10. The van der Waals surface area contributed by atoms with Crippen molar-refractivity contribution in [3.8, 4) is 0 Å². The quantitative estimate of drug-likeness (QED) is 0.583. The van der Waals surface area contributed by atoms with Crippen molar-refractivity contribution in [1.29, 1.82) is 0 Å². The molecule has 1 fully saturated rings. The maximum atomic E-state index is 13.8. The topological polar surface area (TPSA) is 83.5 Å². The first-order valence-corrected chi connectivity index (χ1v) is 13.0. The van der Waals surface area contributed by atoms with Gasteiger partial charge in [0.25, 0.3) is 0 Å². The molecule has 31 heavy (non-hydrogen) atoms. The summed E-state index contributed by atoms with van der Waals surface area (Å²) >= 11 is 1.46. The molecule has 1 amide bonds. The van der Waals surface area contributed by atoms with Crippen molar-refractivity contribution in [2.24, 2.45) is 0 Å². The Bertz CT molecular complexity index is 1210. The van der Waals surface area contributed by atoms with Crippen LogP contribution in [0.3, 0.4) is 0 Å². The highest BCUT2D eigenvalue weighted by Gasteiger charge is 2.38. The highest BCUT2D eigenvalue weighted by molar-refractivity contribution is 7.88. The van der Waals surface area contributed by atoms with E-state index in [-0.39, 0.29) is 5.91 Å². The van der Waals surface area contributed by atoms with Crippen molar-refractivity contribution in [1.82, 2.24) is 14.3 Å². The minimum Gasteiger partial charge on any atom is -0.282 e. The molecule has 1 atom stereocenters. The molecule has 1 unspecified atom stereocenters. The lowest BCUT2D eigenvalue weighted by molar-refractivity contribution is -0.123. The number of fused-ring (bicyclic) bond motifs is 1. The molecule has 9 heteroatoms. The van der Waals surface area contributed by atoms with Crippen molar-refractivity contribution in [2.75, 3.05) is 17.7 Å². The van der Waals surface area contributed by atoms with Gasteiger partial charge in [-0.3, -0.25) is 14.7 Å². The number of aromatic nitrogens is 2. The fourth-order valence-corrected chi connectivity index (χ4v) is 6.38. The van der Waals surface area contributed by atoms with Gasteiger partial charge in [-0.05, 0) is 55.5 Å². The number of benzene rings is 1. The molecule has 4 rings (SSSR count). The molecule has 0 spiro atoms. The number of pyridine rings is 1. The summed E-state index contributed by atoms with van der Waals surface area (Å²) in [7, 11) is -3.49. The summed E-state index contributed by atoms with van der Waals surface area (Å²) in [6.45, 7) is 4.71. The number of hydrogen-bond donors (Lipinski definition) is 0. The van der Waals surface area contributed by atoms with Gasteiger partial charge in [0.15, 0.2) is 5.13 Å². The molecule has 0 saturated carbocycles. The van der Waals surface area contributed by atoms with Crippen molar-refractivity contribution < 1.29 is 13.2 Å². The largest absolute Gasteiger partial charge is 0.282 e. The fourth-order valence-electron chi connectivity index (χ4n) is 4.12. The predicted molar refractivity (Wildman–Crippen MR) is 124 cm³/mol. The molecule has 164 valence electrons. The van der Waals surface area contributed by atoms with Gasteiger partial charge in [-0.25, -0.2) is 13.4 Å². The monoisotopic (exact) mass is 458 g/mol. The van der Waals surface area contributed by atoms with Crippen LogP contribution in [0.5, 0.6) is 0 Å². The fraction of sp³-hybridized carbons (Fsp3) is 0.409. The third kappa shape index (κ3) is 4.63. The number of carbonyl (C=O) groups excluding carboxylic acids is 1. The number of carbonyl (C=O) groups is 1. The summed E-state index contributed by atoms with van der Waals surface area (Å²) in [4.78, 5) is 24.3. The van der Waals surface area contributed by atoms with E-state index in [9.17, 15) is 13.2 Å². The minimum atomic E-state index is -3.49. The smallest absolute Gasteiger partial charge is 0.247 e. The molecule has 1 saturated heterocycles. The zero-order valence-electron chi connectivity index (χ0n) is 17.9. The van der Waals surface area contributed by atoms with Crippen molar-refractivity contribution in [3.05, 3.63) is 53.3 Å². The van der Waals surface area contributed by atoms with Gasteiger partial charge in [0.1, 0.15) is 6.04 Å². The van der Waals surface area contributed by atoms with Gasteiger partial charge in [-0.1, -0.05) is 29.9 Å². The molecule has 0 bridgehead atoms. The number of piperidine rings is 1. The van der Waals surface area contributed by atoms with Gasteiger partial charge in [-0.15, -0.1) is 0 Å². The van der Waals surface area contributed by atoms with E-state index in [0.29, 0.717) is 24.6 Å². The number of thiazole rings is 1. The maximum absolute atomic E-state index is 13.8. The summed E-state index contributed by atoms with van der Waals surface area (Å²) in [5.74, 6) is -0.234. The Kier molecular flexibility index (Phi) is 6.09. The first-order valence-electron chi connectivity index (χ1n) is 10.3. The van der Waals surface area contributed by atoms with Crippen LogP contribution in [0.1, 0.15) is 36.0 Å². The SMILES string of the molecule is Cc1cc(C)c2nc(N(Cc3cccnc3)C(=O)C3CCCCN3S(C)(=O)=O)sc2c1. The second kappa shape index (κ2) is 8.64. The van der Waals surface area contributed by atoms with Gasteiger partial charge in [0.2, 0.25) is 15.9 Å². The average Bonchev–Trinajstić information content (AvgIpc) is 3.16. The number of nitrogens with zero attached hydrogens (tertiary/aromatic N) is 4. The first-order chi connectivity index (χ1) is 14.7. The summed E-state index contributed by atoms with van der Waals surface area (Å²) in [6, 6.07) is 7.17. The van der Waals surface area contributed by atoms with Crippen LogP contribution in [-0.4, -0.2) is 47.4 Å².